The summed E-state index contributed by atoms with van der Waals surface area (Å²) in [6.07, 6.45) is -0.100. The Labute approximate surface area is 89.8 Å². The number of carbonyl (C=O) groups excluding carboxylic acids is 1. The van der Waals surface area contributed by atoms with Crippen molar-refractivity contribution in [2.45, 2.75) is 51.8 Å². The molecule has 0 aromatic heterocycles. The smallest absolute Gasteiger partial charge is 0.293 e. The van der Waals surface area contributed by atoms with Gasteiger partial charge in [0.15, 0.2) is 11.8 Å². The molecule has 0 aliphatic rings. The Morgan fingerprint density at radius 2 is 2.13 bits per heavy atom. The number of Topliss-reactive ketones (excluding diaryl/α,β-unsaturated/α-hetero) is 1. The van der Waals surface area contributed by atoms with E-state index in [1.54, 1.807) is 0 Å². The van der Waals surface area contributed by atoms with Crippen LogP contribution in [0.3, 0.4) is 0 Å². The molecule has 0 bridgehead atoms. The maximum atomic E-state index is 13.3. The number of ketones is 1. The van der Waals surface area contributed by atoms with Crippen LogP contribution in [0.2, 0.25) is 0 Å². The Hall–Kier alpha value is -0.380. The van der Waals surface area contributed by atoms with Gasteiger partial charge in [-0.3, -0.25) is 4.79 Å². The standard InChI is InChI=1S/C9H16FO4P/c1-4-5-6-7(10)8(11)9(2,3)14-15(12)13/h7H,4-6H2,1-3H3/p+1. The molecule has 15 heavy (non-hydrogen) atoms. The molecular formula is C9H17FO4P+. The second kappa shape index (κ2) is 6.26. The fourth-order valence-electron chi connectivity index (χ4n) is 1.13. The van der Waals surface area contributed by atoms with Crippen LogP contribution in [0.5, 0.6) is 0 Å². The first kappa shape index (κ1) is 14.6. The van der Waals surface area contributed by atoms with Crippen LogP contribution in [0.15, 0.2) is 0 Å². The van der Waals surface area contributed by atoms with Crippen LogP contribution in [-0.4, -0.2) is 22.4 Å². The number of rotatable bonds is 7. The quantitative estimate of drug-likeness (QED) is 0.693. The predicted molar refractivity (Wildman–Crippen MR) is 54.4 cm³/mol. The van der Waals surface area contributed by atoms with Gasteiger partial charge in [0, 0.05) is 4.57 Å². The summed E-state index contributed by atoms with van der Waals surface area (Å²) in [6, 6.07) is 0. The Bertz CT molecular complexity index is 242. The largest absolute Gasteiger partial charge is 0.695 e. The molecule has 6 heteroatoms. The van der Waals surface area contributed by atoms with Crippen molar-refractivity contribution in [2.75, 3.05) is 0 Å². The highest BCUT2D eigenvalue weighted by atomic mass is 31.1. The fraction of sp³-hybridized carbons (Fsp3) is 0.889. The second-order valence-corrected chi connectivity index (χ2v) is 4.47. The Morgan fingerprint density at radius 1 is 1.60 bits per heavy atom. The van der Waals surface area contributed by atoms with Crippen molar-refractivity contribution in [3.8, 4) is 0 Å². The van der Waals surface area contributed by atoms with Gasteiger partial charge in [-0.2, -0.15) is 0 Å². The van der Waals surface area contributed by atoms with Gasteiger partial charge in [-0.25, -0.2) is 4.39 Å². The lowest BCUT2D eigenvalue weighted by atomic mass is 9.97. The average molecular weight is 239 g/mol. The van der Waals surface area contributed by atoms with E-state index >= 15 is 0 Å². The van der Waals surface area contributed by atoms with Gasteiger partial charge in [-0.05, 0) is 20.3 Å². The molecule has 0 radical (unpaired) electrons. The predicted octanol–water partition coefficient (Wildman–Crippen LogP) is 2.53. The number of hydrogen-bond donors (Lipinski definition) is 1. The molecule has 0 rings (SSSR count). The highest BCUT2D eigenvalue weighted by Crippen LogP contribution is 2.28. The van der Waals surface area contributed by atoms with E-state index in [2.05, 4.69) is 4.52 Å². The lowest BCUT2D eigenvalue weighted by Gasteiger charge is -2.17. The van der Waals surface area contributed by atoms with Gasteiger partial charge >= 0.3 is 8.25 Å². The lowest BCUT2D eigenvalue weighted by molar-refractivity contribution is -0.137. The molecule has 88 valence electrons. The summed E-state index contributed by atoms with van der Waals surface area (Å²) in [7, 11) is -2.90. The lowest BCUT2D eigenvalue weighted by Crippen LogP contribution is -2.39. The van der Waals surface area contributed by atoms with E-state index in [9.17, 15) is 13.8 Å². The van der Waals surface area contributed by atoms with Crippen molar-refractivity contribution < 1.29 is 23.2 Å². The van der Waals surface area contributed by atoms with Crippen LogP contribution in [-0.2, 0) is 13.9 Å². The molecule has 1 N–H and O–H groups in total. The molecule has 0 aromatic rings. The van der Waals surface area contributed by atoms with Crippen LogP contribution in [0.4, 0.5) is 4.39 Å². The van der Waals surface area contributed by atoms with E-state index in [1.807, 2.05) is 6.92 Å². The maximum Gasteiger partial charge on any atom is 0.695 e. The van der Waals surface area contributed by atoms with Gasteiger partial charge in [0.25, 0.3) is 0 Å². The van der Waals surface area contributed by atoms with Crippen LogP contribution in [0, 0.1) is 0 Å². The van der Waals surface area contributed by atoms with Crippen LogP contribution in [0.1, 0.15) is 40.0 Å². The minimum atomic E-state index is -2.90. The fourth-order valence-corrected chi connectivity index (χ4v) is 1.61. The molecule has 2 unspecified atom stereocenters. The molecule has 4 nitrogen and oxygen atoms in total. The van der Waals surface area contributed by atoms with E-state index in [4.69, 9.17) is 4.89 Å². The summed E-state index contributed by atoms with van der Waals surface area (Å²) in [5.74, 6) is -0.784. The summed E-state index contributed by atoms with van der Waals surface area (Å²) in [6.45, 7) is 4.47. The zero-order valence-electron chi connectivity index (χ0n) is 9.20. The van der Waals surface area contributed by atoms with Gasteiger partial charge in [0.05, 0.1) is 0 Å². The van der Waals surface area contributed by atoms with Crippen LogP contribution >= 0.6 is 8.25 Å². The summed E-state index contributed by atoms with van der Waals surface area (Å²) < 4.78 is 28.2. The molecule has 0 amide bonds. The van der Waals surface area contributed by atoms with E-state index in [1.165, 1.54) is 13.8 Å². The normalized spacial score (nSPS) is 14.9. The highest BCUT2D eigenvalue weighted by Gasteiger charge is 2.41. The Balaban J connectivity index is 4.33. The highest BCUT2D eigenvalue weighted by molar-refractivity contribution is 7.32. The first-order chi connectivity index (χ1) is 6.81. The molecule has 0 aromatic carbocycles. The summed E-state index contributed by atoms with van der Waals surface area (Å²) >= 11 is 0. The van der Waals surface area contributed by atoms with E-state index in [-0.39, 0.29) is 6.42 Å². The van der Waals surface area contributed by atoms with Gasteiger partial charge in [-0.1, -0.05) is 19.8 Å². The summed E-state index contributed by atoms with van der Waals surface area (Å²) in [5, 5.41) is 0. The second-order valence-electron chi connectivity index (χ2n) is 3.81. The molecule has 0 saturated heterocycles. The molecular weight excluding hydrogens is 222 g/mol. The van der Waals surface area contributed by atoms with Gasteiger partial charge in [0.1, 0.15) is 0 Å². The minimum absolute atomic E-state index is 0.129. The van der Waals surface area contributed by atoms with Crippen molar-refractivity contribution >= 4 is 14.0 Å². The van der Waals surface area contributed by atoms with Crippen molar-refractivity contribution in [1.29, 1.82) is 0 Å². The van der Waals surface area contributed by atoms with E-state index in [0.717, 1.165) is 6.42 Å². The number of halogens is 1. The summed E-state index contributed by atoms with van der Waals surface area (Å²) in [4.78, 5) is 20.0. The first-order valence-electron chi connectivity index (χ1n) is 4.85. The number of alkyl halides is 1. The monoisotopic (exact) mass is 239 g/mol. The van der Waals surface area contributed by atoms with Crippen molar-refractivity contribution in [2.24, 2.45) is 0 Å². The number of hydrogen-bond acceptors (Lipinski definition) is 3. The summed E-state index contributed by atoms with van der Waals surface area (Å²) in [5.41, 5.74) is -1.55. The van der Waals surface area contributed by atoms with Crippen molar-refractivity contribution in [1.82, 2.24) is 0 Å². The van der Waals surface area contributed by atoms with Crippen LogP contribution in [0.25, 0.3) is 0 Å². The average Bonchev–Trinajstić information content (AvgIpc) is 2.10. The van der Waals surface area contributed by atoms with Gasteiger partial charge in [0.2, 0.25) is 5.78 Å². The first-order valence-corrected chi connectivity index (χ1v) is 5.98. The molecule has 0 fully saturated rings. The number of carbonyl (C=O) groups is 1. The zero-order chi connectivity index (χ0) is 12.1. The maximum absolute atomic E-state index is 13.3. The molecule has 0 saturated carbocycles. The Morgan fingerprint density at radius 3 is 2.53 bits per heavy atom. The minimum Gasteiger partial charge on any atom is -0.293 e. The van der Waals surface area contributed by atoms with E-state index < -0.39 is 25.8 Å². The topological polar surface area (TPSA) is 63.6 Å². The zero-order valence-corrected chi connectivity index (χ0v) is 10.1. The molecule has 2 atom stereocenters. The third-order valence-corrected chi connectivity index (χ3v) is 2.61. The third-order valence-electron chi connectivity index (χ3n) is 2.00. The van der Waals surface area contributed by atoms with Crippen molar-refractivity contribution in [3.05, 3.63) is 0 Å². The van der Waals surface area contributed by atoms with Crippen molar-refractivity contribution in [3.63, 3.8) is 0 Å². The molecule has 0 aliphatic carbocycles. The molecule has 0 spiro atoms. The Kier molecular flexibility index (Phi) is 6.10. The molecule has 0 aliphatic heterocycles. The third kappa shape index (κ3) is 5.30. The van der Waals surface area contributed by atoms with E-state index in [0.29, 0.717) is 6.42 Å². The SMILES string of the molecule is CCCCC(F)C(=O)C(C)(C)O[P+](=O)O. The molecule has 0 heterocycles. The van der Waals surface area contributed by atoms with Crippen LogP contribution < -0.4 is 0 Å². The van der Waals surface area contributed by atoms with Gasteiger partial charge in [-0.15, -0.1) is 9.42 Å². The van der Waals surface area contributed by atoms with Gasteiger partial charge < -0.3 is 0 Å². The number of unbranched alkanes of at least 4 members (excludes halogenated alkanes) is 1.